The second kappa shape index (κ2) is 14.9. The average Bonchev–Trinajstić information content (AvgIpc) is 3.44. The second-order valence-electron chi connectivity index (χ2n) is 9.85. The molecule has 1 aliphatic rings. The van der Waals surface area contributed by atoms with Crippen molar-refractivity contribution in [1.29, 1.82) is 0 Å². The molecule has 4 rings (SSSR count). The van der Waals surface area contributed by atoms with Crippen molar-refractivity contribution in [1.82, 2.24) is 10.2 Å². The monoisotopic (exact) mass is 598 g/mol. The Bertz CT molecular complexity index is 1490. The predicted molar refractivity (Wildman–Crippen MR) is 161 cm³/mol. The summed E-state index contributed by atoms with van der Waals surface area (Å²) in [6.45, 7) is 2.52. The number of anilines is 1. The van der Waals surface area contributed by atoms with E-state index in [9.17, 15) is 19.2 Å². The molecule has 3 aromatic rings. The van der Waals surface area contributed by atoms with Crippen molar-refractivity contribution in [3.8, 4) is 0 Å². The molecular formula is C29H35ClN6O6. The van der Waals surface area contributed by atoms with Crippen molar-refractivity contribution < 1.29 is 23.5 Å². The summed E-state index contributed by atoms with van der Waals surface area (Å²) >= 11 is 0. The van der Waals surface area contributed by atoms with Gasteiger partial charge in [-0.05, 0) is 55.9 Å². The number of carbonyl (C=O) groups is 3. The lowest BCUT2D eigenvalue weighted by Gasteiger charge is -2.26. The maximum atomic E-state index is 13.3. The van der Waals surface area contributed by atoms with Gasteiger partial charge < -0.3 is 31.3 Å². The number of fused-ring (bicyclic) bond motifs is 1. The van der Waals surface area contributed by atoms with Gasteiger partial charge in [0, 0.05) is 36.3 Å². The van der Waals surface area contributed by atoms with Crippen LogP contribution in [-0.4, -0.2) is 53.9 Å². The van der Waals surface area contributed by atoms with Crippen LogP contribution in [0.25, 0.3) is 11.0 Å². The number of benzene rings is 2. The van der Waals surface area contributed by atoms with Gasteiger partial charge in [0.05, 0.1) is 0 Å². The van der Waals surface area contributed by atoms with Gasteiger partial charge in [-0.15, -0.1) is 12.4 Å². The smallest absolute Gasteiger partial charge is 0.410 e. The van der Waals surface area contributed by atoms with Gasteiger partial charge in [0.1, 0.15) is 24.3 Å². The molecular weight excluding hydrogens is 564 g/mol. The second-order valence-corrected chi connectivity index (χ2v) is 9.85. The number of guanidine groups is 1. The van der Waals surface area contributed by atoms with Crippen LogP contribution in [0.15, 0.2) is 68.8 Å². The third-order valence-corrected chi connectivity index (χ3v) is 6.79. The zero-order valence-corrected chi connectivity index (χ0v) is 24.0. The molecule has 12 nitrogen and oxygen atoms in total. The molecule has 0 radical (unpaired) electrons. The Kier molecular flexibility index (Phi) is 11.3. The van der Waals surface area contributed by atoms with Crippen LogP contribution in [0.1, 0.15) is 36.8 Å². The quantitative estimate of drug-likeness (QED) is 0.119. The molecule has 0 spiro atoms. The summed E-state index contributed by atoms with van der Waals surface area (Å²) in [5, 5.41) is 6.32. The van der Waals surface area contributed by atoms with E-state index in [0.717, 1.165) is 16.5 Å². The Morgan fingerprint density at radius 2 is 1.90 bits per heavy atom. The van der Waals surface area contributed by atoms with E-state index in [-0.39, 0.29) is 37.9 Å². The first-order chi connectivity index (χ1) is 19.7. The first-order valence-electron chi connectivity index (χ1n) is 13.4. The molecule has 0 bridgehead atoms. The highest BCUT2D eigenvalue weighted by molar-refractivity contribution is 5.99. The van der Waals surface area contributed by atoms with Crippen molar-refractivity contribution in [3.05, 3.63) is 76.1 Å². The van der Waals surface area contributed by atoms with Gasteiger partial charge in [-0.25, -0.2) is 9.59 Å². The summed E-state index contributed by atoms with van der Waals surface area (Å²) in [4.78, 5) is 56.6. The number of nitrogens with zero attached hydrogens (tertiary/aromatic N) is 2. The number of nitrogens with one attached hydrogen (secondary N) is 2. The standard InChI is InChI=1S/C29H34N6O6.ClH/c1-18-15-25(36)41-24-16-20(11-12-21(18)24)33-26(37)22(9-5-13-32-28(30)31)34-27(38)23-10-6-14-35(23)29(39)40-17-19-7-3-2-4-8-19;/h2-4,7-8,11-12,15-16,22-23H,5-6,9-10,13-14,17H2,1H3,(H,33,37)(H,34,38)(H4,30,31,32);1H/t22-,23-;/m0./s1. The van der Waals surface area contributed by atoms with Crippen molar-refractivity contribution >= 4 is 52.9 Å². The summed E-state index contributed by atoms with van der Waals surface area (Å²) in [6.07, 6.45) is 1.13. The number of aryl methyl sites for hydroxylation is 1. The minimum Gasteiger partial charge on any atom is -0.445 e. The van der Waals surface area contributed by atoms with E-state index in [2.05, 4.69) is 15.6 Å². The Labute approximate surface area is 248 Å². The highest BCUT2D eigenvalue weighted by Crippen LogP contribution is 2.22. The van der Waals surface area contributed by atoms with Gasteiger partial charge in [0.15, 0.2) is 5.96 Å². The fourth-order valence-corrected chi connectivity index (χ4v) is 4.73. The molecule has 3 amide bonds. The molecule has 13 heteroatoms. The number of hydrogen-bond acceptors (Lipinski definition) is 7. The number of aliphatic imine (C=N–C) groups is 1. The molecule has 1 aromatic heterocycles. The van der Waals surface area contributed by atoms with E-state index in [4.69, 9.17) is 20.6 Å². The van der Waals surface area contributed by atoms with Crippen LogP contribution in [-0.2, 0) is 20.9 Å². The van der Waals surface area contributed by atoms with Gasteiger partial charge in [0.25, 0.3) is 0 Å². The average molecular weight is 599 g/mol. The number of hydrogen-bond donors (Lipinski definition) is 4. The van der Waals surface area contributed by atoms with Crippen LogP contribution in [0.3, 0.4) is 0 Å². The molecule has 6 N–H and O–H groups in total. The maximum Gasteiger partial charge on any atom is 0.410 e. The molecule has 1 aliphatic heterocycles. The summed E-state index contributed by atoms with van der Waals surface area (Å²) in [7, 11) is 0. The summed E-state index contributed by atoms with van der Waals surface area (Å²) < 4.78 is 10.7. The maximum absolute atomic E-state index is 13.3. The number of ether oxygens (including phenoxy) is 1. The summed E-state index contributed by atoms with van der Waals surface area (Å²) in [6, 6.07) is 13.9. The number of rotatable bonds is 10. The first-order valence-corrected chi connectivity index (χ1v) is 13.4. The number of amides is 3. The van der Waals surface area contributed by atoms with E-state index in [1.165, 1.54) is 11.0 Å². The van der Waals surface area contributed by atoms with Crippen LogP contribution in [0.4, 0.5) is 10.5 Å². The van der Waals surface area contributed by atoms with Gasteiger partial charge in [0.2, 0.25) is 11.8 Å². The molecule has 0 saturated carbocycles. The molecule has 0 unspecified atom stereocenters. The highest BCUT2D eigenvalue weighted by Gasteiger charge is 2.36. The zero-order chi connectivity index (χ0) is 29.4. The number of likely N-dealkylation sites (tertiary alicyclic amines) is 1. The molecule has 2 atom stereocenters. The van der Waals surface area contributed by atoms with E-state index in [0.29, 0.717) is 37.1 Å². The van der Waals surface area contributed by atoms with Crippen LogP contribution in [0.5, 0.6) is 0 Å². The van der Waals surface area contributed by atoms with E-state index < -0.39 is 35.6 Å². The minimum atomic E-state index is -0.945. The van der Waals surface area contributed by atoms with Crippen molar-refractivity contribution in [2.75, 3.05) is 18.4 Å². The SMILES string of the molecule is Cc1cc(=O)oc2cc(NC(=O)[C@H](CCCN=C(N)N)NC(=O)[C@@H]3CCCN3C(=O)OCc3ccccc3)ccc12.Cl. The molecule has 1 fully saturated rings. The molecule has 224 valence electrons. The third-order valence-electron chi connectivity index (χ3n) is 6.79. The van der Waals surface area contributed by atoms with Gasteiger partial charge >= 0.3 is 11.7 Å². The van der Waals surface area contributed by atoms with Gasteiger partial charge in [-0.2, -0.15) is 0 Å². The Morgan fingerprint density at radius 1 is 1.14 bits per heavy atom. The first kappa shape index (κ1) is 31.9. The topological polar surface area (TPSA) is 182 Å². The predicted octanol–water partition coefficient (Wildman–Crippen LogP) is 2.80. The number of carbonyl (C=O) groups excluding carboxylic acids is 3. The molecule has 0 aliphatic carbocycles. The third kappa shape index (κ3) is 8.46. The summed E-state index contributed by atoms with van der Waals surface area (Å²) in [5.41, 5.74) is 12.6. The minimum absolute atomic E-state index is 0. The van der Waals surface area contributed by atoms with Gasteiger partial charge in [-0.3, -0.25) is 19.5 Å². The Morgan fingerprint density at radius 3 is 2.64 bits per heavy atom. The van der Waals surface area contributed by atoms with Crippen molar-refractivity contribution in [3.63, 3.8) is 0 Å². The molecule has 1 saturated heterocycles. The van der Waals surface area contributed by atoms with E-state index >= 15 is 0 Å². The normalized spacial score (nSPS) is 14.9. The van der Waals surface area contributed by atoms with E-state index in [1.54, 1.807) is 25.1 Å². The lowest BCUT2D eigenvalue weighted by molar-refractivity contribution is -0.129. The largest absolute Gasteiger partial charge is 0.445 e. The Hall–Kier alpha value is -4.58. The van der Waals surface area contributed by atoms with Crippen LogP contribution >= 0.6 is 12.4 Å². The van der Waals surface area contributed by atoms with Gasteiger partial charge in [-0.1, -0.05) is 30.3 Å². The van der Waals surface area contributed by atoms with E-state index in [1.807, 2.05) is 30.3 Å². The molecule has 2 heterocycles. The molecule has 42 heavy (non-hydrogen) atoms. The Balaban J connectivity index is 0.00000484. The van der Waals surface area contributed by atoms with Crippen LogP contribution < -0.4 is 27.7 Å². The lowest BCUT2D eigenvalue weighted by atomic mass is 10.1. The van der Waals surface area contributed by atoms with Crippen LogP contribution in [0.2, 0.25) is 0 Å². The lowest BCUT2D eigenvalue weighted by Crippen LogP contribution is -2.52. The molecule has 2 aromatic carbocycles. The number of halogens is 1. The highest BCUT2D eigenvalue weighted by atomic mass is 35.5. The fourth-order valence-electron chi connectivity index (χ4n) is 4.73. The summed E-state index contributed by atoms with van der Waals surface area (Å²) in [5.74, 6) is -1.01. The number of nitrogens with two attached hydrogens (primary N) is 2. The van der Waals surface area contributed by atoms with Crippen LogP contribution in [0, 0.1) is 6.92 Å². The van der Waals surface area contributed by atoms with Crippen molar-refractivity contribution in [2.45, 2.75) is 51.3 Å². The zero-order valence-electron chi connectivity index (χ0n) is 23.2. The van der Waals surface area contributed by atoms with Crippen molar-refractivity contribution in [2.24, 2.45) is 16.5 Å². The fraction of sp³-hybridized carbons (Fsp3) is 0.345.